The first-order chi connectivity index (χ1) is 14.1. The van der Waals surface area contributed by atoms with Gasteiger partial charge in [0.15, 0.2) is 0 Å². The number of carbonyl (C=O) groups excluding carboxylic acids is 2. The molecule has 7 nitrogen and oxygen atoms in total. The van der Waals surface area contributed by atoms with Gasteiger partial charge < -0.3 is 9.64 Å². The van der Waals surface area contributed by atoms with Gasteiger partial charge in [-0.3, -0.25) is 19.6 Å². The third-order valence-corrected chi connectivity index (χ3v) is 5.67. The Labute approximate surface area is 170 Å². The Bertz CT molecular complexity index is 861. The normalized spacial score (nSPS) is 21.2. The predicted octanol–water partition coefficient (Wildman–Crippen LogP) is 1.79. The van der Waals surface area contributed by atoms with Crippen molar-refractivity contribution in [3.63, 3.8) is 0 Å². The Balaban J connectivity index is 1.43. The highest BCUT2D eigenvalue weighted by Gasteiger charge is 2.51. The Kier molecular flexibility index (Phi) is 5.49. The van der Waals surface area contributed by atoms with Crippen molar-refractivity contribution in [1.29, 1.82) is 0 Å². The van der Waals surface area contributed by atoms with Crippen LogP contribution in [0.15, 0.2) is 54.9 Å². The first-order valence-electron chi connectivity index (χ1n) is 9.89. The number of benzene rings is 1. The second-order valence-corrected chi connectivity index (χ2v) is 7.94. The van der Waals surface area contributed by atoms with Gasteiger partial charge in [-0.2, -0.15) is 0 Å². The van der Waals surface area contributed by atoms with Gasteiger partial charge >= 0.3 is 6.09 Å². The van der Waals surface area contributed by atoms with Gasteiger partial charge in [-0.25, -0.2) is 4.79 Å². The minimum absolute atomic E-state index is 0.0768. The molecule has 4 rings (SSSR count). The fraction of sp³-hybridized carbons (Fsp3) is 0.409. The molecule has 0 bridgehead atoms. The van der Waals surface area contributed by atoms with Gasteiger partial charge in [0.2, 0.25) is 5.91 Å². The Morgan fingerprint density at radius 2 is 1.90 bits per heavy atom. The lowest BCUT2D eigenvalue weighted by Crippen LogP contribution is -2.64. The van der Waals surface area contributed by atoms with E-state index >= 15 is 0 Å². The highest BCUT2D eigenvalue weighted by Crippen LogP contribution is 2.32. The van der Waals surface area contributed by atoms with E-state index < -0.39 is 5.54 Å². The fourth-order valence-corrected chi connectivity index (χ4v) is 4.24. The first-order valence-corrected chi connectivity index (χ1v) is 9.89. The van der Waals surface area contributed by atoms with Crippen LogP contribution < -0.4 is 0 Å². The van der Waals surface area contributed by atoms with Crippen molar-refractivity contribution in [1.82, 2.24) is 19.7 Å². The van der Waals surface area contributed by atoms with E-state index in [1.807, 2.05) is 52.1 Å². The molecular weight excluding hydrogens is 368 g/mol. The second kappa shape index (κ2) is 8.21. The van der Waals surface area contributed by atoms with Crippen molar-refractivity contribution in [2.24, 2.45) is 0 Å². The average Bonchev–Trinajstić information content (AvgIpc) is 3.05. The molecule has 1 atom stereocenters. The van der Waals surface area contributed by atoms with Crippen LogP contribution in [0.2, 0.25) is 0 Å². The molecule has 152 valence electrons. The van der Waals surface area contributed by atoms with Crippen molar-refractivity contribution < 1.29 is 14.3 Å². The molecule has 0 N–H and O–H groups in total. The zero-order chi connectivity index (χ0) is 20.3. The van der Waals surface area contributed by atoms with E-state index in [0.29, 0.717) is 45.8 Å². The molecule has 0 aliphatic carbocycles. The Morgan fingerprint density at radius 3 is 2.66 bits per heavy atom. The zero-order valence-electron chi connectivity index (χ0n) is 16.7. The van der Waals surface area contributed by atoms with E-state index in [1.54, 1.807) is 12.4 Å². The molecule has 2 fully saturated rings. The number of hydrogen-bond acceptors (Lipinski definition) is 5. The van der Waals surface area contributed by atoms with Gasteiger partial charge in [-0.05, 0) is 30.3 Å². The Morgan fingerprint density at radius 1 is 1.14 bits per heavy atom. The Hall–Kier alpha value is -2.93. The quantitative estimate of drug-likeness (QED) is 0.747. The third kappa shape index (κ3) is 4.24. The summed E-state index contributed by atoms with van der Waals surface area (Å²) in [5.74, 6) is 0.0768. The third-order valence-electron chi connectivity index (χ3n) is 5.67. The summed E-state index contributed by atoms with van der Waals surface area (Å²) in [5.41, 5.74) is 1.77. The van der Waals surface area contributed by atoms with Crippen LogP contribution in [0.5, 0.6) is 0 Å². The lowest BCUT2D eigenvalue weighted by Gasteiger charge is -2.45. The highest BCUT2D eigenvalue weighted by molar-refractivity contribution is 5.79. The summed E-state index contributed by atoms with van der Waals surface area (Å²) in [6.07, 6.45) is 3.92. The summed E-state index contributed by atoms with van der Waals surface area (Å²) < 4.78 is 5.40. The van der Waals surface area contributed by atoms with Crippen LogP contribution in [-0.4, -0.2) is 77.1 Å². The number of pyridine rings is 1. The highest BCUT2D eigenvalue weighted by atomic mass is 16.6. The predicted molar refractivity (Wildman–Crippen MR) is 108 cm³/mol. The molecule has 1 unspecified atom stereocenters. The molecule has 2 aromatic rings. The van der Waals surface area contributed by atoms with E-state index in [2.05, 4.69) is 17.1 Å². The fourth-order valence-electron chi connectivity index (χ4n) is 4.24. The molecule has 0 spiro atoms. The maximum Gasteiger partial charge on any atom is 0.410 e. The molecule has 7 heteroatoms. The van der Waals surface area contributed by atoms with Gasteiger partial charge in [0.1, 0.15) is 12.1 Å². The smallest absolute Gasteiger partial charge is 0.410 e. The molecule has 3 heterocycles. The number of carbonyl (C=O) groups is 2. The van der Waals surface area contributed by atoms with Gasteiger partial charge in [0.25, 0.3) is 0 Å². The number of nitrogens with zero attached hydrogens (tertiary/aromatic N) is 4. The largest absolute Gasteiger partial charge is 0.447 e. The molecule has 2 aliphatic heterocycles. The lowest BCUT2D eigenvalue weighted by atomic mass is 9.88. The van der Waals surface area contributed by atoms with Crippen LogP contribution in [0.25, 0.3) is 0 Å². The van der Waals surface area contributed by atoms with E-state index in [-0.39, 0.29) is 12.0 Å². The number of piperazine rings is 1. The van der Waals surface area contributed by atoms with Crippen LogP contribution in [-0.2, 0) is 22.5 Å². The van der Waals surface area contributed by atoms with Crippen LogP contribution in [0, 0.1) is 0 Å². The van der Waals surface area contributed by atoms with E-state index in [9.17, 15) is 9.59 Å². The standard InChI is InChI=1S/C22H26N4O3/c1-24(14-19-7-9-23-10-8-19)15-20(27)25-11-12-26-21(28)29-17-22(26,16-25)13-18-5-3-2-4-6-18/h2-10H,11-17H2,1H3. The van der Waals surface area contributed by atoms with Gasteiger partial charge in [0, 0.05) is 45.0 Å². The van der Waals surface area contributed by atoms with E-state index in [1.165, 1.54) is 0 Å². The molecule has 2 aliphatic rings. The molecule has 2 amide bonds. The molecule has 29 heavy (non-hydrogen) atoms. The number of rotatable bonds is 6. The van der Waals surface area contributed by atoms with E-state index in [0.717, 1.165) is 11.1 Å². The molecule has 1 aromatic heterocycles. The maximum absolute atomic E-state index is 13.0. The molecule has 1 aromatic carbocycles. The number of aromatic nitrogens is 1. The summed E-state index contributed by atoms with van der Waals surface area (Å²) >= 11 is 0. The van der Waals surface area contributed by atoms with Crippen molar-refractivity contribution >= 4 is 12.0 Å². The topological polar surface area (TPSA) is 66.0 Å². The van der Waals surface area contributed by atoms with Crippen LogP contribution in [0.4, 0.5) is 4.79 Å². The number of likely N-dealkylation sites (N-methyl/N-ethyl adjacent to an activating group) is 1. The van der Waals surface area contributed by atoms with E-state index in [4.69, 9.17) is 4.74 Å². The number of amides is 2. The summed E-state index contributed by atoms with van der Waals surface area (Å²) in [4.78, 5) is 35.0. The zero-order valence-corrected chi connectivity index (χ0v) is 16.7. The van der Waals surface area contributed by atoms with Crippen LogP contribution >= 0.6 is 0 Å². The monoisotopic (exact) mass is 394 g/mol. The number of fused-ring (bicyclic) bond motifs is 1. The molecule has 2 saturated heterocycles. The van der Waals surface area contributed by atoms with Crippen molar-refractivity contribution in [3.8, 4) is 0 Å². The summed E-state index contributed by atoms with van der Waals surface area (Å²) in [5, 5.41) is 0. The first kappa shape index (κ1) is 19.4. The van der Waals surface area contributed by atoms with Crippen LogP contribution in [0.1, 0.15) is 11.1 Å². The summed E-state index contributed by atoms with van der Waals surface area (Å²) in [6, 6.07) is 14.0. The molecule has 0 saturated carbocycles. The van der Waals surface area contributed by atoms with Gasteiger partial charge in [0.05, 0.1) is 6.54 Å². The SMILES string of the molecule is CN(CC(=O)N1CCN2C(=O)OCC2(Cc2ccccc2)C1)Cc1ccncc1. The van der Waals surface area contributed by atoms with Crippen LogP contribution in [0.3, 0.4) is 0 Å². The maximum atomic E-state index is 13.0. The van der Waals surface area contributed by atoms with Crippen molar-refractivity contribution in [2.75, 3.05) is 39.8 Å². The number of hydrogen-bond donors (Lipinski definition) is 0. The van der Waals surface area contributed by atoms with Gasteiger partial charge in [-0.15, -0.1) is 0 Å². The number of ether oxygens (including phenoxy) is 1. The molecular formula is C22H26N4O3. The van der Waals surface area contributed by atoms with Crippen molar-refractivity contribution in [2.45, 2.75) is 18.5 Å². The summed E-state index contributed by atoms with van der Waals surface area (Å²) in [7, 11) is 1.94. The lowest BCUT2D eigenvalue weighted by molar-refractivity contribution is -0.136. The van der Waals surface area contributed by atoms with Crippen molar-refractivity contribution in [3.05, 3.63) is 66.0 Å². The minimum atomic E-state index is -0.490. The average molecular weight is 394 g/mol. The minimum Gasteiger partial charge on any atom is -0.447 e. The summed E-state index contributed by atoms with van der Waals surface area (Å²) in [6.45, 7) is 2.87. The van der Waals surface area contributed by atoms with Gasteiger partial charge in [-0.1, -0.05) is 30.3 Å². The second-order valence-electron chi connectivity index (χ2n) is 7.94. The molecule has 0 radical (unpaired) electrons. The number of cyclic esters (lactones) is 1.